The van der Waals surface area contributed by atoms with E-state index < -0.39 is 11.5 Å². The van der Waals surface area contributed by atoms with E-state index in [0.717, 1.165) is 6.42 Å². The summed E-state index contributed by atoms with van der Waals surface area (Å²) in [6, 6.07) is -0.534. The van der Waals surface area contributed by atoms with Crippen molar-refractivity contribution in [2.45, 2.75) is 40.2 Å². The maximum absolute atomic E-state index is 11.7. The summed E-state index contributed by atoms with van der Waals surface area (Å²) in [5.74, 6) is -0.456. The molecule has 0 bridgehead atoms. The van der Waals surface area contributed by atoms with Crippen LogP contribution in [0.3, 0.4) is 0 Å². The lowest BCUT2D eigenvalue weighted by molar-refractivity contribution is -0.150. The zero-order chi connectivity index (χ0) is 13.6. The monoisotopic (exact) mass is 244 g/mol. The molecular formula is C12H24N2O3. The third kappa shape index (κ3) is 4.73. The van der Waals surface area contributed by atoms with Crippen LogP contribution in [0.4, 0.5) is 0 Å². The van der Waals surface area contributed by atoms with Gasteiger partial charge in [-0.25, -0.2) is 0 Å². The Balaban J connectivity index is 4.29. The highest BCUT2D eigenvalue weighted by atomic mass is 16.5. The largest absolute Gasteiger partial charge is 0.469 e. The van der Waals surface area contributed by atoms with Crippen molar-refractivity contribution < 1.29 is 14.3 Å². The Kier molecular flexibility index (Phi) is 6.16. The molecule has 0 aliphatic heterocycles. The van der Waals surface area contributed by atoms with Crippen molar-refractivity contribution in [2.24, 2.45) is 17.1 Å². The van der Waals surface area contributed by atoms with Crippen LogP contribution < -0.4 is 11.1 Å². The fraction of sp³-hybridized carbons (Fsp3) is 0.833. The van der Waals surface area contributed by atoms with Gasteiger partial charge in [0.1, 0.15) is 0 Å². The average molecular weight is 244 g/mol. The molecule has 0 fully saturated rings. The van der Waals surface area contributed by atoms with Gasteiger partial charge in [-0.05, 0) is 19.8 Å². The van der Waals surface area contributed by atoms with Crippen molar-refractivity contribution in [1.82, 2.24) is 5.32 Å². The van der Waals surface area contributed by atoms with Crippen LogP contribution in [0.1, 0.15) is 34.1 Å². The number of rotatable bonds is 6. The summed E-state index contributed by atoms with van der Waals surface area (Å²) in [5.41, 5.74) is 5.04. The predicted molar refractivity (Wildman–Crippen MR) is 66.2 cm³/mol. The van der Waals surface area contributed by atoms with Crippen molar-refractivity contribution in [2.75, 3.05) is 13.7 Å². The van der Waals surface area contributed by atoms with E-state index in [2.05, 4.69) is 10.1 Å². The second-order valence-corrected chi connectivity index (χ2v) is 5.00. The zero-order valence-corrected chi connectivity index (χ0v) is 11.4. The quantitative estimate of drug-likeness (QED) is 0.673. The molecule has 0 aromatic heterocycles. The third-order valence-corrected chi connectivity index (χ3v) is 3.00. The number of nitrogens with two attached hydrogens (primary N) is 1. The fourth-order valence-electron chi connectivity index (χ4n) is 1.29. The van der Waals surface area contributed by atoms with Crippen molar-refractivity contribution in [3.8, 4) is 0 Å². The van der Waals surface area contributed by atoms with Crippen LogP contribution in [0.15, 0.2) is 0 Å². The molecule has 0 rings (SSSR count). The summed E-state index contributed by atoms with van der Waals surface area (Å²) in [6.07, 6.45) is 0.842. The first-order valence-corrected chi connectivity index (χ1v) is 5.88. The molecule has 2 unspecified atom stereocenters. The number of carbonyl (C=O) groups is 2. The van der Waals surface area contributed by atoms with Crippen LogP contribution in [0, 0.1) is 11.3 Å². The molecule has 0 saturated heterocycles. The molecule has 0 aromatic carbocycles. The number of nitrogens with one attached hydrogen (secondary N) is 1. The fourth-order valence-corrected chi connectivity index (χ4v) is 1.29. The lowest BCUT2D eigenvalue weighted by Gasteiger charge is -2.24. The number of methoxy groups -OCH3 is 1. The van der Waals surface area contributed by atoms with E-state index in [1.54, 1.807) is 13.8 Å². The molecule has 0 heterocycles. The lowest BCUT2D eigenvalue weighted by Crippen LogP contribution is -2.48. The second kappa shape index (κ2) is 6.59. The summed E-state index contributed by atoms with van der Waals surface area (Å²) >= 11 is 0. The van der Waals surface area contributed by atoms with Crippen LogP contribution >= 0.6 is 0 Å². The number of esters is 1. The van der Waals surface area contributed by atoms with E-state index in [4.69, 9.17) is 5.73 Å². The molecule has 0 aromatic rings. The minimum absolute atomic E-state index is 0.122. The van der Waals surface area contributed by atoms with Crippen LogP contribution in [0.25, 0.3) is 0 Å². The summed E-state index contributed by atoms with van der Waals surface area (Å²) in [6.45, 7) is 7.57. The predicted octanol–water partition coefficient (Wildman–Crippen LogP) is 0.675. The van der Waals surface area contributed by atoms with Gasteiger partial charge in [0.15, 0.2) is 0 Å². The Morgan fingerprint density at radius 3 is 2.35 bits per heavy atom. The van der Waals surface area contributed by atoms with Gasteiger partial charge in [0.25, 0.3) is 0 Å². The molecule has 3 N–H and O–H groups in total. The molecule has 1 amide bonds. The van der Waals surface area contributed by atoms with Crippen LogP contribution in [0.5, 0.6) is 0 Å². The van der Waals surface area contributed by atoms with Gasteiger partial charge in [0.05, 0.1) is 18.6 Å². The Morgan fingerprint density at radius 2 is 1.94 bits per heavy atom. The minimum atomic E-state index is -0.737. The van der Waals surface area contributed by atoms with E-state index in [9.17, 15) is 9.59 Å². The summed E-state index contributed by atoms with van der Waals surface area (Å²) < 4.78 is 4.65. The normalized spacial score (nSPS) is 14.9. The molecule has 2 atom stereocenters. The molecule has 5 nitrogen and oxygen atoms in total. The highest BCUT2D eigenvalue weighted by Gasteiger charge is 2.30. The molecule has 0 spiro atoms. The molecule has 0 radical (unpaired) electrons. The van der Waals surface area contributed by atoms with E-state index in [1.165, 1.54) is 7.11 Å². The first kappa shape index (κ1) is 15.9. The van der Waals surface area contributed by atoms with Crippen LogP contribution in [-0.4, -0.2) is 31.6 Å². The molecule has 17 heavy (non-hydrogen) atoms. The van der Waals surface area contributed by atoms with Gasteiger partial charge >= 0.3 is 5.97 Å². The zero-order valence-electron chi connectivity index (χ0n) is 11.4. The van der Waals surface area contributed by atoms with Gasteiger partial charge in [-0.2, -0.15) is 0 Å². The summed E-state index contributed by atoms with van der Waals surface area (Å²) in [5, 5.41) is 2.69. The molecular weight excluding hydrogens is 220 g/mol. The molecule has 100 valence electrons. The number of amides is 1. The number of carbonyl (C=O) groups excluding carboxylic acids is 2. The average Bonchev–Trinajstić information content (AvgIpc) is 2.32. The Morgan fingerprint density at radius 1 is 1.41 bits per heavy atom. The van der Waals surface area contributed by atoms with E-state index in [-0.39, 0.29) is 24.3 Å². The van der Waals surface area contributed by atoms with Gasteiger partial charge in [0.2, 0.25) is 5.91 Å². The topological polar surface area (TPSA) is 81.4 Å². The highest BCUT2D eigenvalue weighted by molar-refractivity contribution is 5.83. The third-order valence-electron chi connectivity index (χ3n) is 3.00. The number of hydrogen-bond acceptors (Lipinski definition) is 4. The minimum Gasteiger partial charge on any atom is -0.469 e. The van der Waals surface area contributed by atoms with E-state index >= 15 is 0 Å². The van der Waals surface area contributed by atoms with Gasteiger partial charge < -0.3 is 15.8 Å². The SMILES string of the molecule is CCC(C)C(N)C(=O)NCC(C)(C)C(=O)OC. The maximum atomic E-state index is 11.7. The van der Waals surface area contributed by atoms with Crippen LogP contribution in [-0.2, 0) is 14.3 Å². The number of hydrogen-bond donors (Lipinski definition) is 2. The van der Waals surface area contributed by atoms with Gasteiger partial charge in [0, 0.05) is 6.54 Å². The van der Waals surface area contributed by atoms with E-state index in [0.29, 0.717) is 0 Å². The Labute approximate surface area is 103 Å². The second-order valence-electron chi connectivity index (χ2n) is 5.00. The Bertz CT molecular complexity index is 277. The van der Waals surface area contributed by atoms with Gasteiger partial charge in [-0.15, -0.1) is 0 Å². The molecule has 0 aliphatic rings. The first-order valence-electron chi connectivity index (χ1n) is 5.88. The molecule has 0 saturated carbocycles. The van der Waals surface area contributed by atoms with Gasteiger partial charge in [-0.3, -0.25) is 9.59 Å². The van der Waals surface area contributed by atoms with Crippen molar-refractivity contribution in [3.63, 3.8) is 0 Å². The van der Waals surface area contributed by atoms with Gasteiger partial charge in [-0.1, -0.05) is 20.3 Å². The smallest absolute Gasteiger partial charge is 0.313 e. The first-order chi connectivity index (χ1) is 7.76. The van der Waals surface area contributed by atoms with Crippen molar-refractivity contribution >= 4 is 11.9 Å². The summed E-state index contributed by atoms with van der Waals surface area (Å²) in [7, 11) is 1.33. The highest BCUT2D eigenvalue weighted by Crippen LogP contribution is 2.15. The standard InChI is InChI=1S/C12H24N2O3/c1-6-8(2)9(13)10(15)14-7-12(3,4)11(16)17-5/h8-9H,6-7,13H2,1-5H3,(H,14,15). The van der Waals surface area contributed by atoms with E-state index in [1.807, 2.05) is 13.8 Å². The molecule has 5 heteroatoms. The molecule has 0 aliphatic carbocycles. The van der Waals surface area contributed by atoms with Crippen LogP contribution in [0.2, 0.25) is 0 Å². The Hall–Kier alpha value is -1.10. The van der Waals surface area contributed by atoms with Crippen molar-refractivity contribution in [1.29, 1.82) is 0 Å². The number of ether oxygens (including phenoxy) is 1. The van der Waals surface area contributed by atoms with Crippen molar-refractivity contribution in [3.05, 3.63) is 0 Å². The lowest BCUT2D eigenvalue weighted by atomic mass is 9.93. The maximum Gasteiger partial charge on any atom is 0.313 e. The summed E-state index contributed by atoms with van der Waals surface area (Å²) in [4.78, 5) is 23.1.